The molecule has 0 saturated heterocycles. The highest BCUT2D eigenvalue weighted by atomic mass is 16.7. The minimum Gasteiger partial charge on any atom is -0.371 e. The van der Waals surface area contributed by atoms with Gasteiger partial charge in [-0.15, -0.1) is 0 Å². The average molecular weight is 232 g/mol. The third-order valence-corrected chi connectivity index (χ3v) is 3.76. The van der Waals surface area contributed by atoms with E-state index in [0.29, 0.717) is 13.0 Å². The zero-order valence-electron chi connectivity index (χ0n) is 9.63. The predicted octanol–water partition coefficient (Wildman–Crippen LogP) is 1.26. The third-order valence-electron chi connectivity index (χ3n) is 3.76. The Labute approximate surface area is 93.1 Å². The molecule has 0 aliphatic heterocycles. The van der Waals surface area contributed by atoms with Gasteiger partial charge in [0, 0.05) is 36.7 Å². The van der Waals surface area contributed by atoms with Crippen LogP contribution in [0.1, 0.15) is 33.6 Å². The van der Waals surface area contributed by atoms with Crippen molar-refractivity contribution in [3.63, 3.8) is 0 Å². The highest BCUT2D eigenvalue weighted by molar-refractivity contribution is 5.06. The van der Waals surface area contributed by atoms with Crippen LogP contribution in [0.4, 0.5) is 0 Å². The first-order valence-electron chi connectivity index (χ1n) is 5.21. The Hall–Kier alpha value is -1.24. The second-order valence-corrected chi connectivity index (χ2v) is 4.42. The highest BCUT2D eigenvalue weighted by Gasteiger charge is 2.73. The van der Waals surface area contributed by atoms with Crippen molar-refractivity contribution in [1.82, 2.24) is 0 Å². The van der Waals surface area contributed by atoms with Gasteiger partial charge in [0.05, 0.1) is 0 Å². The molecule has 1 rings (SSSR count). The lowest BCUT2D eigenvalue weighted by atomic mass is 9.82. The van der Waals surface area contributed by atoms with Crippen LogP contribution in [0, 0.1) is 20.2 Å². The van der Waals surface area contributed by atoms with E-state index >= 15 is 0 Å². The monoisotopic (exact) mass is 232 g/mol. The van der Waals surface area contributed by atoms with E-state index in [4.69, 9.17) is 4.74 Å². The number of rotatable bonds is 4. The van der Waals surface area contributed by atoms with Gasteiger partial charge < -0.3 is 4.74 Å². The minimum atomic E-state index is -1.66. The summed E-state index contributed by atoms with van der Waals surface area (Å²) in [5.41, 5.74) is -3.22. The molecule has 0 bridgehead atoms. The fraction of sp³-hybridized carbons (Fsp3) is 1.00. The van der Waals surface area contributed by atoms with Crippen molar-refractivity contribution in [2.45, 2.75) is 50.8 Å². The number of nitrogens with zero attached hydrogens (tertiary/aromatic N) is 2. The number of hydrogen-bond acceptors (Lipinski definition) is 5. The molecule has 0 aromatic heterocycles. The third kappa shape index (κ3) is 1.46. The summed E-state index contributed by atoms with van der Waals surface area (Å²) < 4.78 is 5.28. The van der Waals surface area contributed by atoms with E-state index < -0.39 is 27.0 Å². The molecule has 7 nitrogen and oxygen atoms in total. The Kier molecular flexibility index (Phi) is 3.18. The molecule has 16 heavy (non-hydrogen) atoms. The lowest BCUT2D eigenvalue weighted by Gasteiger charge is -2.29. The quantitative estimate of drug-likeness (QED) is 0.537. The molecular formula is C9H16N2O5. The van der Waals surface area contributed by atoms with Crippen LogP contribution in [0.25, 0.3) is 0 Å². The first-order valence-corrected chi connectivity index (χ1v) is 5.21. The molecule has 0 N–H and O–H groups in total. The summed E-state index contributed by atoms with van der Waals surface area (Å²) in [4.78, 5) is 21.1. The number of nitro groups is 2. The molecule has 3 atom stereocenters. The molecule has 1 aliphatic rings. The topological polar surface area (TPSA) is 95.5 Å². The van der Waals surface area contributed by atoms with E-state index in [1.165, 1.54) is 13.8 Å². The summed E-state index contributed by atoms with van der Waals surface area (Å²) in [5.74, 6) is 0. The Morgan fingerprint density at radius 3 is 2.25 bits per heavy atom. The van der Waals surface area contributed by atoms with Crippen LogP contribution in [0.2, 0.25) is 0 Å². The van der Waals surface area contributed by atoms with Crippen LogP contribution in [-0.4, -0.2) is 33.6 Å². The van der Waals surface area contributed by atoms with Crippen LogP contribution in [0.3, 0.4) is 0 Å². The zero-order valence-corrected chi connectivity index (χ0v) is 9.63. The molecule has 7 heteroatoms. The smallest absolute Gasteiger partial charge is 0.312 e. The largest absolute Gasteiger partial charge is 0.371 e. The van der Waals surface area contributed by atoms with Crippen LogP contribution in [-0.2, 0) is 4.74 Å². The van der Waals surface area contributed by atoms with Gasteiger partial charge >= 0.3 is 5.54 Å². The lowest BCUT2D eigenvalue weighted by Crippen LogP contribution is -2.61. The van der Waals surface area contributed by atoms with Gasteiger partial charge in [-0.1, -0.05) is 0 Å². The van der Waals surface area contributed by atoms with Gasteiger partial charge in [0.15, 0.2) is 0 Å². The summed E-state index contributed by atoms with van der Waals surface area (Å²) in [6.07, 6.45) is -0.173. The fourth-order valence-electron chi connectivity index (χ4n) is 2.33. The average Bonchev–Trinajstić information content (AvgIpc) is 2.45. The van der Waals surface area contributed by atoms with Crippen LogP contribution in [0.5, 0.6) is 0 Å². The summed E-state index contributed by atoms with van der Waals surface area (Å²) in [6.45, 7) is 4.68. The van der Waals surface area contributed by atoms with E-state index in [0.717, 1.165) is 0 Å². The maximum Gasteiger partial charge on any atom is 0.312 e. The molecule has 1 aliphatic carbocycles. The van der Waals surface area contributed by atoms with Gasteiger partial charge in [0.2, 0.25) is 0 Å². The zero-order chi connectivity index (χ0) is 12.6. The van der Waals surface area contributed by atoms with Crippen molar-refractivity contribution in [3.05, 3.63) is 20.2 Å². The Morgan fingerprint density at radius 1 is 1.31 bits per heavy atom. The summed E-state index contributed by atoms with van der Waals surface area (Å²) in [7, 11) is 0. The van der Waals surface area contributed by atoms with Crippen LogP contribution in [0.15, 0.2) is 0 Å². The second kappa shape index (κ2) is 3.97. The van der Waals surface area contributed by atoms with Gasteiger partial charge in [0.25, 0.3) is 5.54 Å². The van der Waals surface area contributed by atoms with E-state index in [-0.39, 0.29) is 6.42 Å². The summed E-state index contributed by atoms with van der Waals surface area (Å²) >= 11 is 0. The van der Waals surface area contributed by atoms with E-state index in [9.17, 15) is 20.2 Å². The minimum absolute atomic E-state index is 0.169. The van der Waals surface area contributed by atoms with Crippen molar-refractivity contribution in [3.8, 4) is 0 Å². The van der Waals surface area contributed by atoms with Crippen molar-refractivity contribution < 1.29 is 14.6 Å². The second-order valence-electron chi connectivity index (χ2n) is 4.42. The van der Waals surface area contributed by atoms with Gasteiger partial charge in [-0.25, -0.2) is 0 Å². The summed E-state index contributed by atoms with van der Waals surface area (Å²) in [6, 6.07) is 0. The molecule has 0 aromatic rings. The summed E-state index contributed by atoms with van der Waals surface area (Å²) in [5, 5.41) is 22.2. The maximum absolute atomic E-state index is 11.1. The SMILES string of the molecule is CCO[C@@H]1CC[C@@](C)([N+](=O)[O-])[C@@]1(C)[N+](=O)[O-]. The molecule has 1 fully saturated rings. The predicted molar refractivity (Wildman–Crippen MR) is 55.4 cm³/mol. The molecule has 0 radical (unpaired) electrons. The Morgan fingerprint density at radius 2 is 1.88 bits per heavy atom. The van der Waals surface area contributed by atoms with Gasteiger partial charge in [0.1, 0.15) is 6.10 Å². The molecule has 0 unspecified atom stereocenters. The molecule has 0 amide bonds. The van der Waals surface area contributed by atoms with E-state index in [1.54, 1.807) is 6.92 Å². The van der Waals surface area contributed by atoms with Crippen molar-refractivity contribution >= 4 is 0 Å². The molecule has 0 spiro atoms. The first kappa shape index (κ1) is 12.8. The fourth-order valence-corrected chi connectivity index (χ4v) is 2.33. The maximum atomic E-state index is 11.1. The normalized spacial score (nSPS) is 38.6. The standard InChI is InChI=1S/C9H16N2O5/c1-4-16-7-5-6-8(2,10(12)13)9(7,3)11(14)15/h7H,4-6H2,1-3H3/t7-,8-,9+/m1/s1. The van der Waals surface area contributed by atoms with Gasteiger partial charge in [-0.05, 0) is 13.3 Å². The van der Waals surface area contributed by atoms with Crippen LogP contribution >= 0.6 is 0 Å². The van der Waals surface area contributed by atoms with E-state index in [1.807, 2.05) is 0 Å². The lowest BCUT2D eigenvalue weighted by molar-refractivity contribution is -0.679. The van der Waals surface area contributed by atoms with Crippen LogP contribution < -0.4 is 0 Å². The first-order chi connectivity index (χ1) is 7.30. The molecule has 0 heterocycles. The number of hydrogen-bond donors (Lipinski definition) is 0. The molecule has 0 aromatic carbocycles. The van der Waals surface area contributed by atoms with Gasteiger partial charge in [-0.3, -0.25) is 20.2 Å². The van der Waals surface area contributed by atoms with Crippen molar-refractivity contribution in [2.75, 3.05) is 6.61 Å². The molecular weight excluding hydrogens is 216 g/mol. The van der Waals surface area contributed by atoms with Gasteiger partial charge in [-0.2, -0.15) is 0 Å². The number of ether oxygens (including phenoxy) is 1. The van der Waals surface area contributed by atoms with E-state index in [2.05, 4.69) is 0 Å². The van der Waals surface area contributed by atoms with Crippen molar-refractivity contribution in [2.24, 2.45) is 0 Å². The molecule has 92 valence electrons. The molecule has 1 saturated carbocycles. The highest BCUT2D eigenvalue weighted by Crippen LogP contribution is 2.44. The Balaban J connectivity index is 3.16. The Bertz CT molecular complexity index is 321. The van der Waals surface area contributed by atoms with Crippen molar-refractivity contribution in [1.29, 1.82) is 0 Å².